The van der Waals surface area contributed by atoms with Gasteiger partial charge in [-0.3, -0.25) is 4.68 Å². The van der Waals surface area contributed by atoms with Crippen LogP contribution in [0.15, 0.2) is 10.7 Å². The number of nitrogens with two attached hydrogens (primary N) is 1. The molecule has 0 saturated heterocycles. The molecule has 0 amide bonds. The van der Waals surface area contributed by atoms with Gasteiger partial charge in [-0.25, -0.2) is 0 Å². The second-order valence-electron chi connectivity index (χ2n) is 4.82. The van der Waals surface area contributed by atoms with Gasteiger partial charge in [-0.05, 0) is 40.6 Å². The zero-order valence-electron chi connectivity index (χ0n) is 10.4. The summed E-state index contributed by atoms with van der Waals surface area (Å²) < 4.78 is 8.06. The van der Waals surface area contributed by atoms with E-state index >= 15 is 0 Å². The van der Waals surface area contributed by atoms with Crippen LogP contribution in [0.25, 0.3) is 0 Å². The summed E-state index contributed by atoms with van der Waals surface area (Å²) in [5, 5.41) is 4.35. The van der Waals surface area contributed by atoms with E-state index in [-0.39, 0.29) is 6.04 Å². The summed E-state index contributed by atoms with van der Waals surface area (Å²) in [6.45, 7) is 3.65. The Hall–Kier alpha value is -0.390. The third kappa shape index (κ3) is 2.89. The second kappa shape index (κ2) is 5.50. The lowest BCUT2D eigenvalue weighted by molar-refractivity contribution is 0.181. The van der Waals surface area contributed by atoms with E-state index < -0.39 is 0 Å². The topological polar surface area (TPSA) is 53.1 Å². The van der Waals surface area contributed by atoms with E-state index in [1.807, 2.05) is 10.9 Å². The van der Waals surface area contributed by atoms with Crippen molar-refractivity contribution in [3.63, 3.8) is 0 Å². The van der Waals surface area contributed by atoms with Gasteiger partial charge in [-0.1, -0.05) is 6.92 Å². The van der Waals surface area contributed by atoms with Crippen LogP contribution in [0.2, 0.25) is 0 Å². The molecule has 1 aliphatic rings. The van der Waals surface area contributed by atoms with Gasteiger partial charge in [0, 0.05) is 7.11 Å². The van der Waals surface area contributed by atoms with Gasteiger partial charge in [0.15, 0.2) is 0 Å². The zero-order valence-corrected chi connectivity index (χ0v) is 12.0. The van der Waals surface area contributed by atoms with Crippen molar-refractivity contribution in [2.75, 3.05) is 13.7 Å². The molecule has 17 heavy (non-hydrogen) atoms. The average Bonchev–Trinajstić information content (AvgIpc) is 3.10. The number of nitrogens with zero attached hydrogens (tertiary/aromatic N) is 2. The summed E-state index contributed by atoms with van der Waals surface area (Å²) in [6.07, 6.45) is 4.46. The number of hydrogen-bond acceptors (Lipinski definition) is 3. The zero-order chi connectivity index (χ0) is 12.4. The summed E-state index contributed by atoms with van der Waals surface area (Å²) in [7, 11) is 1.70. The highest BCUT2D eigenvalue weighted by molar-refractivity contribution is 9.10. The van der Waals surface area contributed by atoms with Gasteiger partial charge in [0.2, 0.25) is 0 Å². The highest BCUT2D eigenvalue weighted by atomic mass is 79.9. The van der Waals surface area contributed by atoms with Gasteiger partial charge in [0.25, 0.3) is 0 Å². The van der Waals surface area contributed by atoms with Crippen molar-refractivity contribution < 1.29 is 4.74 Å². The predicted molar refractivity (Wildman–Crippen MR) is 70.6 cm³/mol. The normalized spacial score (nSPS) is 19.3. The first-order chi connectivity index (χ1) is 8.15. The van der Waals surface area contributed by atoms with Gasteiger partial charge in [-0.2, -0.15) is 5.10 Å². The second-order valence-corrected chi connectivity index (χ2v) is 5.67. The quantitative estimate of drug-likeness (QED) is 0.877. The van der Waals surface area contributed by atoms with Crippen LogP contribution in [0.4, 0.5) is 0 Å². The first kappa shape index (κ1) is 13.1. The number of aromatic nitrogens is 2. The van der Waals surface area contributed by atoms with Crippen molar-refractivity contribution in [1.29, 1.82) is 0 Å². The largest absolute Gasteiger partial charge is 0.383 e. The minimum Gasteiger partial charge on any atom is -0.383 e. The lowest BCUT2D eigenvalue weighted by atomic mass is 9.95. The molecule has 1 aromatic heterocycles. The fourth-order valence-electron chi connectivity index (χ4n) is 2.22. The lowest BCUT2D eigenvalue weighted by Crippen LogP contribution is -2.25. The fourth-order valence-corrected chi connectivity index (χ4v) is 2.78. The predicted octanol–water partition coefficient (Wildman–Crippen LogP) is 2.34. The molecule has 5 heteroatoms. The number of hydrogen-bond donors (Lipinski definition) is 1. The van der Waals surface area contributed by atoms with Gasteiger partial charge < -0.3 is 10.5 Å². The van der Waals surface area contributed by atoms with Crippen LogP contribution in [0.1, 0.15) is 31.5 Å². The van der Waals surface area contributed by atoms with Crippen molar-refractivity contribution in [2.24, 2.45) is 17.6 Å². The lowest BCUT2D eigenvalue weighted by Gasteiger charge is -2.21. The molecule has 2 atom stereocenters. The maximum absolute atomic E-state index is 6.37. The Labute approximate surface area is 111 Å². The molecule has 0 aromatic carbocycles. The van der Waals surface area contributed by atoms with E-state index in [9.17, 15) is 0 Å². The molecular weight excluding hydrogens is 282 g/mol. The van der Waals surface area contributed by atoms with Gasteiger partial charge in [-0.15, -0.1) is 0 Å². The maximum atomic E-state index is 6.37. The van der Waals surface area contributed by atoms with Crippen molar-refractivity contribution >= 4 is 15.9 Å². The third-order valence-electron chi connectivity index (χ3n) is 3.59. The van der Waals surface area contributed by atoms with E-state index in [0.717, 1.165) is 22.6 Å². The molecule has 2 N–H and O–H groups in total. The summed E-state index contributed by atoms with van der Waals surface area (Å²) in [4.78, 5) is 0. The number of methoxy groups -OCH3 is 1. The van der Waals surface area contributed by atoms with Crippen molar-refractivity contribution in [1.82, 2.24) is 9.78 Å². The van der Waals surface area contributed by atoms with Crippen LogP contribution < -0.4 is 5.73 Å². The Balaban J connectivity index is 2.13. The summed E-state index contributed by atoms with van der Waals surface area (Å²) in [6, 6.07) is 0.0521. The molecule has 96 valence electrons. The molecule has 1 saturated carbocycles. The fraction of sp³-hybridized carbons (Fsp3) is 0.750. The van der Waals surface area contributed by atoms with E-state index in [0.29, 0.717) is 12.5 Å². The highest BCUT2D eigenvalue weighted by Crippen LogP contribution is 2.42. The SMILES string of the molecule is COCCn1ncc(Br)c1C(N)C(C)C1CC1. The molecule has 1 aromatic rings. The molecule has 1 aliphatic carbocycles. The monoisotopic (exact) mass is 301 g/mol. The smallest absolute Gasteiger partial charge is 0.0697 e. The average molecular weight is 302 g/mol. The molecule has 0 bridgehead atoms. The molecule has 2 rings (SSSR count). The molecule has 0 radical (unpaired) electrons. The van der Waals surface area contributed by atoms with E-state index in [4.69, 9.17) is 10.5 Å². The van der Waals surface area contributed by atoms with Crippen molar-refractivity contribution in [3.05, 3.63) is 16.4 Å². The molecule has 1 fully saturated rings. The van der Waals surface area contributed by atoms with Gasteiger partial charge in [0.05, 0.1) is 35.6 Å². The Kier molecular flexibility index (Phi) is 4.22. The molecule has 4 nitrogen and oxygen atoms in total. The first-order valence-corrected chi connectivity index (χ1v) is 6.90. The first-order valence-electron chi connectivity index (χ1n) is 6.11. The Bertz CT molecular complexity index is 376. The van der Waals surface area contributed by atoms with E-state index in [2.05, 4.69) is 28.0 Å². The van der Waals surface area contributed by atoms with Crippen LogP contribution in [0.3, 0.4) is 0 Å². The van der Waals surface area contributed by atoms with Crippen LogP contribution in [-0.4, -0.2) is 23.5 Å². The maximum Gasteiger partial charge on any atom is 0.0697 e. The molecule has 0 aliphatic heterocycles. The minimum atomic E-state index is 0.0521. The Morgan fingerprint density at radius 1 is 1.65 bits per heavy atom. The highest BCUT2D eigenvalue weighted by Gasteiger charge is 2.34. The summed E-state index contributed by atoms with van der Waals surface area (Å²) in [5.41, 5.74) is 7.46. The van der Waals surface area contributed by atoms with Crippen LogP contribution >= 0.6 is 15.9 Å². The van der Waals surface area contributed by atoms with Crippen LogP contribution in [0.5, 0.6) is 0 Å². The number of halogens is 1. The Morgan fingerprint density at radius 3 is 2.94 bits per heavy atom. The summed E-state index contributed by atoms with van der Waals surface area (Å²) >= 11 is 3.54. The Morgan fingerprint density at radius 2 is 2.35 bits per heavy atom. The molecule has 1 heterocycles. The minimum absolute atomic E-state index is 0.0521. The number of ether oxygens (including phenoxy) is 1. The standard InChI is InChI=1S/C12H20BrN3O/c1-8(9-3-4-9)11(14)12-10(13)7-15-16(12)5-6-17-2/h7-9,11H,3-6,14H2,1-2H3. The molecular formula is C12H20BrN3O. The molecule has 0 spiro atoms. The van der Waals surface area contributed by atoms with Crippen LogP contribution in [0, 0.1) is 11.8 Å². The van der Waals surface area contributed by atoms with Gasteiger partial charge >= 0.3 is 0 Å². The molecule has 2 unspecified atom stereocenters. The number of rotatable bonds is 6. The third-order valence-corrected chi connectivity index (χ3v) is 4.20. The van der Waals surface area contributed by atoms with Crippen LogP contribution in [-0.2, 0) is 11.3 Å². The summed E-state index contributed by atoms with van der Waals surface area (Å²) in [5.74, 6) is 1.31. The van der Waals surface area contributed by atoms with E-state index in [1.54, 1.807) is 7.11 Å². The van der Waals surface area contributed by atoms with E-state index in [1.165, 1.54) is 12.8 Å². The van der Waals surface area contributed by atoms with Crippen molar-refractivity contribution in [2.45, 2.75) is 32.4 Å². The van der Waals surface area contributed by atoms with Crippen molar-refractivity contribution in [3.8, 4) is 0 Å². The van der Waals surface area contributed by atoms with Gasteiger partial charge in [0.1, 0.15) is 0 Å².